The van der Waals surface area contributed by atoms with Crippen LogP contribution in [0.2, 0.25) is 0 Å². The van der Waals surface area contributed by atoms with E-state index in [1.165, 1.54) is 12.1 Å². The van der Waals surface area contributed by atoms with Crippen molar-refractivity contribution >= 4 is 23.5 Å². The summed E-state index contributed by atoms with van der Waals surface area (Å²) in [4.78, 5) is 34.9. The number of anilines is 1. The molecule has 0 aliphatic heterocycles. The molecule has 122 valence electrons. The van der Waals surface area contributed by atoms with Gasteiger partial charge in [-0.15, -0.1) is 0 Å². The van der Waals surface area contributed by atoms with Crippen molar-refractivity contribution in [1.82, 2.24) is 0 Å². The van der Waals surface area contributed by atoms with Crippen molar-refractivity contribution in [3.05, 3.63) is 29.3 Å². The lowest BCUT2D eigenvalue weighted by atomic mass is 9.78. The van der Waals surface area contributed by atoms with Crippen LogP contribution in [0.15, 0.2) is 18.2 Å². The molecular weight excluding hydrogens is 298 g/mol. The van der Waals surface area contributed by atoms with Crippen LogP contribution >= 0.6 is 0 Å². The number of carbonyl (C=O) groups is 3. The maximum Gasteiger partial charge on any atom is 0.228 e. The van der Waals surface area contributed by atoms with Gasteiger partial charge in [0, 0.05) is 23.5 Å². The van der Waals surface area contributed by atoms with E-state index >= 15 is 0 Å². The van der Waals surface area contributed by atoms with Crippen LogP contribution in [0.4, 0.5) is 5.69 Å². The molecule has 2 saturated carbocycles. The fourth-order valence-corrected chi connectivity index (χ4v) is 4.11. The molecule has 0 radical (unpaired) electrons. The van der Waals surface area contributed by atoms with E-state index in [1.54, 1.807) is 13.0 Å². The Morgan fingerprint density at radius 2 is 1.74 bits per heavy atom. The molecule has 0 heterocycles. The Bertz CT molecular complexity index is 684. The average Bonchev–Trinajstić information content (AvgIpc) is 3.09. The van der Waals surface area contributed by atoms with Gasteiger partial charge < -0.3 is 25.1 Å². The summed E-state index contributed by atoms with van der Waals surface area (Å²) < 4.78 is 0. The number of nitrogens with one attached hydrogen (secondary N) is 1. The van der Waals surface area contributed by atoms with Gasteiger partial charge in [0.25, 0.3) is 0 Å². The van der Waals surface area contributed by atoms with Gasteiger partial charge in [-0.05, 0) is 55.2 Å². The van der Waals surface area contributed by atoms with Gasteiger partial charge >= 0.3 is 0 Å². The predicted molar refractivity (Wildman–Crippen MR) is 77.0 cm³/mol. The summed E-state index contributed by atoms with van der Waals surface area (Å²) in [6.07, 6.45) is 2.42. The number of hydrogen-bond acceptors (Lipinski definition) is 5. The highest BCUT2D eigenvalue weighted by atomic mass is 16.4. The quantitative estimate of drug-likeness (QED) is 0.821. The van der Waals surface area contributed by atoms with Crippen LogP contribution in [0.3, 0.4) is 0 Å². The lowest BCUT2D eigenvalue weighted by Gasteiger charge is -2.31. The molecule has 23 heavy (non-hydrogen) atoms. The molecule has 2 aliphatic rings. The van der Waals surface area contributed by atoms with E-state index in [0.717, 1.165) is 19.3 Å². The van der Waals surface area contributed by atoms with Crippen molar-refractivity contribution < 1.29 is 24.6 Å². The zero-order valence-electron chi connectivity index (χ0n) is 12.7. The van der Waals surface area contributed by atoms with Crippen molar-refractivity contribution in [1.29, 1.82) is 0 Å². The van der Waals surface area contributed by atoms with E-state index in [2.05, 4.69) is 5.32 Å². The maximum absolute atomic E-state index is 12.6. The summed E-state index contributed by atoms with van der Waals surface area (Å²) in [5.41, 5.74) is 1.04. The second-order valence-electron chi connectivity index (χ2n) is 6.51. The van der Waals surface area contributed by atoms with Gasteiger partial charge in [-0.2, -0.15) is 0 Å². The van der Waals surface area contributed by atoms with Gasteiger partial charge in [0.15, 0.2) is 0 Å². The molecule has 6 nitrogen and oxygen atoms in total. The number of carbonyl (C=O) groups excluding carboxylic acids is 3. The highest BCUT2D eigenvalue weighted by molar-refractivity contribution is 5.97. The zero-order valence-corrected chi connectivity index (χ0v) is 12.7. The van der Waals surface area contributed by atoms with Crippen LogP contribution in [0, 0.1) is 30.6 Å². The molecule has 1 aromatic rings. The SMILES string of the molecule is Cc1ccc(C(=O)[O-])cc1NC(=O)[C@H]1[C@H]2CC[C@@H](C2)[C@@H]1C(=O)[O-]. The predicted octanol–water partition coefficient (Wildman–Crippen LogP) is -0.291. The summed E-state index contributed by atoms with van der Waals surface area (Å²) in [7, 11) is 0. The Hall–Kier alpha value is -2.37. The average molecular weight is 315 g/mol. The number of hydrogen-bond donors (Lipinski definition) is 1. The van der Waals surface area contributed by atoms with Crippen LogP contribution in [-0.2, 0) is 9.59 Å². The Balaban J connectivity index is 1.83. The number of aromatic carboxylic acids is 1. The van der Waals surface area contributed by atoms with E-state index in [-0.39, 0.29) is 23.3 Å². The molecule has 2 aliphatic carbocycles. The number of aryl methyl sites for hydroxylation is 1. The fourth-order valence-electron chi connectivity index (χ4n) is 4.11. The fraction of sp³-hybridized carbons (Fsp3) is 0.471. The van der Waals surface area contributed by atoms with Crippen molar-refractivity contribution in [3.8, 4) is 0 Å². The van der Waals surface area contributed by atoms with E-state index in [1.807, 2.05) is 0 Å². The van der Waals surface area contributed by atoms with E-state index in [9.17, 15) is 24.6 Å². The van der Waals surface area contributed by atoms with Crippen LogP contribution in [-0.4, -0.2) is 17.8 Å². The molecule has 2 fully saturated rings. The van der Waals surface area contributed by atoms with Crippen molar-refractivity contribution in [2.24, 2.45) is 23.7 Å². The number of carboxylic acid groups (broad SMARTS) is 2. The summed E-state index contributed by atoms with van der Waals surface area (Å²) in [5.74, 6) is -4.15. The van der Waals surface area contributed by atoms with Crippen LogP contribution in [0.25, 0.3) is 0 Å². The highest BCUT2D eigenvalue weighted by Crippen LogP contribution is 2.52. The van der Waals surface area contributed by atoms with E-state index in [4.69, 9.17) is 0 Å². The summed E-state index contributed by atoms with van der Waals surface area (Å²) >= 11 is 0. The third-order valence-corrected chi connectivity index (χ3v) is 5.22. The molecule has 1 amide bonds. The maximum atomic E-state index is 12.6. The first kappa shape index (κ1) is 15.5. The molecule has 4 atom stereocenters. The van der Waals surface area contributed by atoms with Gasteiger partial charge in [0.1, 0.15) is 0 Å². The Labute approximate surface area is 133 Å². The second kappa shape index (κ2) is 5.68. The smallest absolute Gasteiger partial charge is 0.228 e. The summed E-state index contributed by atoms with van der Waals surface area (Å²) in [6, 6.07) is 4.32. The topological polar surface area (TPSA) is 109 Å². The Morgan fingerprint density at radius 3 is 2.35 bits per heavy atom. The number of carboxylic acids is 2. The molecule has 1 N–H and O–H groups in total. The van der Waals surface area contributed by atoms with Gasteiger partial charge in [0.2, 0.25) is 5.91 Å². The summed E-state index contributed by atoms with van der Waals surface area (Å²) in [5, 5.41) is 25.0. The Kier molecular flexibility index (Phi) is 3.83. The van der Waals surface area contributed by atoms with E-state index in [0.29, 0.717) is 11.3 Å². The minimum absolute atomic E-state index is 0.0106. The van der Waals surface area contributed by atoms with Gasteiger partial charge in [-0.25, -0.2) is 0 Å². The minimum Gasteiger partial charge on any atom is -0.550 e. The first-order valence-electron chi connectivity index (χ1n) is 7.72. The van der Waals surface area contributed by atoms with Gasteiger partial charge in [0.05, 0.1) is 5.97 Å². The molecule has 3 rings (SSSR count). The second-order valence-corrected chi connectivity index (χ2v) is 6.51. The number of fused-ring (bicyclic) bond motifs is 2. The minimum atomic E-state index is -1.33. The van der Waals surface area contributed by atoms with Gasteiger partial charge in [-0.3, -0.25) is 4.79 Å². The monoisotopic (exact) mass is 315 g/mol. The van der Waals surface area contributed by atoms with Crippen molar-refractivity contribution in [2.75, 3.05) is 5.32 Å². The van der Waals surface area contributed by atoms with Crippen LogP contribution in [0.5, 0.6) is 0 Å². The number of aliphatic carboxylic acids is 1. The lowest BCUT2D eigenvalue weighted by molar-refractivity contribution is -0.314. The third-order valence-electron chi connectivity index (χ3n) is 5.22. The number of amides is 1. The van der Waals surface area contributed by atoms with E-state index < -0.39 is 23.8 Å². The number of benzene rings is 1. The lowest BCUT2D eigenvalue weighted by Crippen LogP contribution is -2.44. The highest BCUT2D eigenvalue weighted by Gasteiger charge is 2.51. The molecule has 0 spiro atoms. The molecule has 0 unspecified atom stereocenters. The van der Waals surface area contributed by atoms with Crippen LogP contribution in [0.1, 0.15) is 35.2 Å². The molecular formula is C17H17NO5-2. The zero-order chi connectivity index (χ0) is 16.7. The normalized spacial score (nSPS) is 28.6. The molecule has 2 bridgehead atoms. The molecule has 0 aromatic heterocycles. The van der Waals surface area contributed by atoms with Crippen molar-refractivity contribution in [2.45, 2.75) is 26.2 Å². The molecule has 6 heteroatoms. The molecule has 1 aromatic carbocycles. The molecule has 0 saturated heterocycles. The van der Waals surface area contributed by atoms with Crippen molar-refractivity contribution in [3.63, 3.8) is 0 Å². The van der Waals surface area contributed by atoms with Gasteiger partial charge in [-0.1, -0.05) is 12.1 Å². The number of rotatable bonds is 4. The first-order valence-corrected chi connectivity index (χ1v) is 7.72. The first-order chi connectivity index (χ1) is 10.9. The largest absolute Gasteiger partial charge is 0.550 e. The van der Waals surface area contributed by atoms with Crippen LogP contribution < -0.4 is 15.5 Å². The Morgan fingerprint density at radius 1 is 1.09 bits per heavy atom. The third kappa shape index (κ3) is 2.69. The summed E-state index contributed by atoms with van der Waals surface area (Å²) in [6.45, 7) is 1.74. The standard InChI is InChI=1S/C17H19NO5/c1-8-2-3-11(16(20)21)7-12(8)18-15(19)13-9-4-5-10(6-9)14(13)17(22)23/h2-3,7,9-10,13-14H,4-6H2,1H3,(H,18,19)(H,20,21)(H,22,23)/p-2/t9-,10-,13-,14-/m0/s1.